The van der Waals surface area contributed by atoms with Gasteiger partial charge in [0, 0.05) is 18.8 Å². The molecule has 3 N–H and O–H groups in total. The number of rotatable bonds is 9. The Bertz CT molecular complexity index is 679. The average molecular weight is 472 g/mol. The predicted molar refractivity (Wildman–Crippen MR) is 114 cm³/mol. The van der Waals surface area contributed by atoms with E-state index in [4.69, 9.17) is 10.5 Å². The van der Waals surface area contributed by atoms with Crippen LogP contribution >= 0.6 is 24.0 Å². The van der Waals surface area contributed by atoms with Crippen LogP contribution in [0.25, 0.3) is 0 Å². The fraction of sp³-hybridized carbons (Fsp3) is 0.368. The van der Waals surface area contributed by atoms with Gasteiger partial charge >= 0.3 is 0 Å². The molecule has 1 aromatic heterocycles. The Morgan fingerprint density at radius 3 is 2.69 bits per heavy atom. The Hall–Kier alpha value is -1.90. The summed E-state index contributed by atoms with van der Waals surface area (Å²) >= 11 is 0. The van der Waals surface area contributed by atoms with E-state index in [1.807, 2.05) is 6.07 Å². The minimum absolute atomic E-state index is 0. The number of pyridine rings is 1. The van der Waals surface area contributed by atoms with Gasteiger partial charge < -0.3 is 15.8 Å². The van der Waals surface area contributed by atoms with Gasteiger partial charge in [0.25, 0.3) is 0 Å². The first-order valence-electron chi connectivity index (χ1n) is 8.59. The molecule has 1 heterocycles. The maximum atomic E-state index is 12.9. The van der Waals surface area contributed by atoms with Gasteiger partial charge in [-0.3, -0.25) is 0 Å². The van der Waals surface area contributed by atoms with Gasteiger partial charge in [0.2, 0.25) is 5.88 Å². The van der Waals surface area contributed by atoms with E-state index in [2.05, 4.69) is 22.2 Å². The van der Waals surface area contributed by atoms with Crippen LogP contribution in [-0.2, 0) is 6.54 Å². The molecule has 1 aromatic carbocycles. The highest BCUT2D eigenvalue weighted by Crippen LogP contribution is 2.20. The summed E-state index contributed by atoms with van der Waals surface area (Å²) < 4.78 is 18.5. The largest absolute Gasteiger partial charge is 0.439 e. The third kappa shape index (κ3) is 8.46. The number of hydrogen-bond acceptors (Lipinski definition) is 3. The molecule has 2 rings (SSSR count). The van der Waals surface area contributed by atoms with E-state index in [1.165, 1.54) is 31.4 Å². The van der Waals surface area contributed by atoms with Crippen LogP contribution in [0.2, 0.25) is 0 Å². The van der Waals surface area contributed by atoms with Crippen LogP contribution in [0.4, 0.5) is 4.39 Å². The second kappa shape index (κ2) is 12.5. The normalized spacial score (nSPS) is 10.9. The number of nitrogens with two attached hydrogens (primary N) is 1. The first kappa shape index (κ1) is 22.1. The smallest absolute Gasteiger partial charge is 0.219 e. The van der Waals surface area contributed by atoms with Crippen molar-refractivity contribution in [1.82, 2.24) is 10.3 Å². The molecule has 7 heteroatoms. The molecular formula is C19H26FIN4O. The third-order valence-corrected chi connectivity index (χ3v) is 3.60. The van der Waals surface area contributed by atoms with E-state index in [0.29, 0.717) is 24.1 Å². The van der Waals surface area contributed by atoms with Gasteiger partial charge in [-0.15, -0.1) is 24.0 Å². The summed E-state index contributed by atoms with van der Waals surface area (Å²) in [7, 11) is 0. The summed E-state index contributed by atoms with van der Waals surface area (Å²) in [5.74, 6) is 1.10. The standard InChI is InChI=1S/C19H25FN4O.HI/c1-2-3-4-5-11-23-19(21)24-14-15-10-12-22-18(13-15)25-17-8-6-16(20)7-9-17;/h6-10,12-13H,2-5,11,14H2,1H3,(H3,21,23,24);1H. The molecule has 0 amide bonds. The highest BCUT2D eigenvalue weighted by Gasteiger charge is 2.01. The van der Waals surface area contributed by atoms with Gasteiger partial charge in [-0.05, 0) is 42.3 Å². The molecule has 26 heavy (non-hydrogen) atoms. The molecule has 5 nitrogen and oxygen atoms in total. The summed E-state index contributed by atoms with van der Waals surface area (Å²) in [6.45, 7) is 3.46. The lowest BCUT2D eigenvalue weighted by atomic mass is 10.2. The van der Waals surface area contributed by atoms with Gasteiger partial charge in [0.1, 0.15) is 11.6 Å². The zero-order valence-corrected chi connectivity index (χ0v) is 17.3. The predicted octanol–water partition coefficient (Wildman–Crippen LogP) is 4.62. The average Bonchev–Trinajstić information content (AvgIpc) is 2.62. The molecule has 0 aliphatic rings. The van der Waals surface area contributed by atoms with Gasteiger partial charge in [-0.25, -0.2) is 14.4 Å². The molecule has 0 radical (unpaired) electrons. The van der Waals surface area contributed by atoms with E-state index < -0.39 is 0 Å². The van der Waals surface area contributed by atoms with Crippen LogP contribution in [0.3, 0.4) is 0 Å². The summed E-state index contributed by atoms with van der Waals surface area (Å²) in [4.78, 5) is 8.47. The molecule has 0 atom stereocenters. The monoisotopic (exact) mass is 472 g/mol. The molecule has 0 saturated heterocycles. The van der Waals surface area contributed by atoms with Crippen molar-refractivity contribution in [3.05, 3.63) is 54.0 Å². The number of nitrogens with zero attached hydrogens (tertiary/aromatic N) is 2. The maximum Gasteiger partial charge on any atom is 0.219 e. The second-order valence-corrected chi connectivity index (χ2v) is 5.75. The number of aromatic nitrogens is 1. The highest BCUT2D eigenvalue weighted by molar-refractivity contribution is 14.0. The Morgan fingerprint density at radius 2 is 1.96 bits per heavy atom. The van der Waals surface area contributed by atoms with Crippen LogP contribution in [0, 0.1) is 5.82 Å². The lowest BCUT2D eigenvalue weighted by Gasteiger charge is -2.07. The second-order valence-electron chi connectivity index (χ2n) is 5.75. The molecule has 2 aromatic rings. The topological polar surface area (TPSA) is 72.5 Å². The van der Waals surface area contributed by atoms with Crippen LogP contribution in [0.1, 0.15) is 38.2 Å². The first-order chi connectivity index (χ1) is 12.2. The summed E-state index contributed by atoms with van der Waals surface area (Å²) in [6.07, 6.45) is 6.40. The van der Waals surface area contributed by atoms with E-state index in [1.54, 1.807) is 24.4 Å². The quantitative estimate of drug-likeness (QED) is 0.242. The Kier molecular flexibility index (Phi) is 10.6. The van der Waals surface area contributed by atoms with Crippen molar-refractivity contribution in [2.45, 2.75) is 39.2 Å². The first-order valence-corrected chi connectivity index (χ1v) is 8.59. The Balaban J connectivity index is 0.00000338. The fourth-order valence-electron chi connectivity index (χ4n) is 2.23. The molecule has 0 fully saturated rings. The van der Waals surface area contributed by atoms with E-state index in [-0.39, 0.29) is 29.8 Å². The number of unbranched alkanes of at least 4 members (excludes halogenated alkanes) is 3. The summed E-state index contributed by atoms with van der Waals surface area (Å²) in [5, 5.41) is 3.12. The van der Waals surface area contributed by atoms with Crippen LogP contribution in [0.5, 0.6) is 11.6 Å². The van der Waals surface area contributed by atoms with E-state index in [0.717, 1.165) is 18.5 Å². The van der Waals surface area contributed by atoms with Gasteiger partial charge in [0.15, 0.2) is 5.96 Å². The number of ether oxygens (including phenoxy) is 1. The lowest BCUT2D eigenvalue weighted by Crippen LogP contribution is -2.32. The molecular weight excluding hydrogens is 446 g/mol. The Morgan fingerprint density at radius 1 is 1.19 bits per heavy atom. The highest BCUT2D eigenvalue weighted by atomic mass is 127. The van der Waals surface area contributed by atoms with Crippen molar-refractivity contribution in [2.24, 2.45) is 10.7 Å². The third-order valence-electron chi connectivity index (χ3n) is 3.60. The number of hydrogen-bond donors (Lipinski definition) is 2. The number of halogens is 2. The molecule has 0 bridgehead atoms. The summed E-state index contributed by atoms with van der Waals surface area (Å²) in [5.41, 5.74) is 6.80. The van der Waals surface area contributed by atoms with Gasteiger partial charge in [-0.2, -0.15) is 0 Å². The van der Waals surface area contributed by atoms with Crippen LogP contribution in [0.15, 0.2) is 47.6 Å². The number of guanidine groups is 1. The fourth-order valence-corrected chi connectivity index (χ4v) is 2.23. The van der Waals surface area contributed by atoms with Crippen molar-refractivity contribution < 1.29 is 9.13 Å². The maximum absolute atomic E-state index is 12.9. The van der Waals surface area contributed by atoms with E-state index in [9.17, 15) is 4.39 Å². The van der Waals surface area contributed by atoms with Crippen LogP contribution < -0.4 is 15.8 Å². The zero-order valence-electron chi connectivity index (χ0n) is 15.0. The van der Waals surface area contributed by atoms with Crippen LogP contribution in [-0.4, -0.2) is 17.5 Å². The SMILES string of the molecule is CCCCCCNC(N)=NCc1ccnc(Oc2ccc(F)cc2)c1.I. The van der Waals surface area contributed by atoms with E-state index >= 15 is 0 Å². The van der Waals surface area contributed by atoms with Crippen molar-refractivity contribution in [3.8, 4) is 11.6 Å². The number of aliphatic imine (C=N–C) groups is 1. The minimum atomic E-state index is -0.305. The molecule has 0 unspecified atom stereocenters. The molecule has 0 aliphatic heterocycles. The molecule has 142 valence electrons. The Labute approximate surface area is 171 Å². The summed E-state index contributed by atoms with van der Waals surface area (Å²) in [6, 6.07) is 9.45. The molecule has 0 saturated carbocycles. The van der Waals surface area contributed by atoms with Crippen molar-refractivity contribution >= 4 is 29.9 Å². The van der Waals surface area contributed by atoms with Gasteiger partial charge in [0.05, 0.1) is 6.54 Å². The van der Waals surface area contributed by atoms with Crippen molar-refractivity contribution in [1.29, 1.82) is 0 Å². The number of nitrogens with one attached hydrogen (secondary N) is 1. The van der Waals surface area contributed by atoms with Crippen molar-refractivity contribution in [2.75, 3.05) is 6.54 Å². The number of benzene rings is 1. The zero-order chi connectivity index (χ0) is 17.9. The molecule has 0 spiro atoms. The molecule has 0 aliphatic carbocycles. The van der Waals surface area contributed by atoms with Crippen molar-refractivity contribution in [3.63, 3.8) is 0 Å². The minimum Gasteiger partial charge on any atom is -0.439 e. The van der Waals surface area contributed by atoms with Gasteiger partial charge in [-0.1, -0.05) is 26.2 Å². The lowest BCUT2D eigenvalue weighted by molar-refractivity contribution is 0.460.